The minimum absolute atomic E-state index is 0.582. The highest BCUT2D eigenvalue weighted by Crippen LogP contribution is 2.47. The second-order valence-corrected chi connectivity index (χ2v) is 34.8. The monoisotopic (exact) mass is 1780 g/mol. The lowest BCUT2D eigenvalue weighted by Gasteiger charge is -2.12. The van der Waals surface area contributed by atoms with E-state index < -0.39 is 0 Å². The zero-order valence-corrected chi connectivity index (χ0v) is 75.2. The molecular formula is C124H81N15. The number of hydrogen-bond donors (Lipinski definition) is 0. The first-order valence-corrected chi connectivity index (χ1v) is 46.7. The summed E-state index contributed by atoms with van der Waals surface area (Å²) >= 11 is 0. The van der Waals surface area contributed by atoms with E-state index in [1.165, 1.54) is 81.8 Å². The quantitative estimate of drug-likeness (QED) is 0.110. The van der Waals surface area contributed by atoms with Gasteiger partial charge in [-0.2, -0.15) is 29.9 Å². The van der Waals surface area contributed by atoms with Crippen LogP contribution in [-0.2, 0) is 0 Å². The highest BCUT2D eigenvalue weighted by molar-refractivity contribution is 6.29. The summed E-state index contributed by atoms with van der Waals surface area (Å²) in [6, 6.07) is 165. The van der Waals surface area contributed by atoms with Crippen LogP contribution in [0.5, 0.6) is 0 Å². The maximum atomic E-state index is 5.15. The molecule has 0 atom stereocenters. The standard InChI is InChI=1S/C45H29N5.C40H27N5.C39H25N5/c1-4-14-30(15-5-1)31-24-26-34(27-25-31)49-38-22-12-10-20-35(38)36-28-29-40-41(42(36)49)37-21-11-13-23-39(37)50(40)45-47-43(32-16-6-2-7-17-32)46-44(48-45)33-18-8-3-9-19-33;1-26-20-22-29(23-21-26)44-33-18-10-8-16-30(33)31-24-25-35-36(37(31)44)32-17-9-11-19-34(32)45(35)40-42-38(27-12-4-2-5-13-27)41-39(43-40)28-14-6-3-7-15-28;1-4-14-26(15-5-1)37-40-38(27-16-6-2-7-17-27)42-39(41-37)44-33-23-13-11-21-31(33)35-34(44)25-24-30-29-20-10-12-22-32(29)43(36(30)35)28-18-8-3-9-19-28/h1-29H;2-25H,1H3;1-25H. The number of aryl methyl sites for hydroxylation is 1. The van der Waals surface area contributed by atoms with Crippen LogP contribution in [0.4, 0.5) is 0 Å². The Hall–Kier alpha value is -19.0. The van der Waals surface area contributed by atoms with Gasteiger partial charge in [0.1, 0.15) is 0 Å². The number of aromatic nitrogens is 15. The predicted molar refractivity (Wildman–Crippen MR) is 568 cm³/mol. The first-order valence-electron chi connectivity index (χ1n) is 46.7. The molecule has 0 radical (unpaired) electrons. The summed E-state index contributed by atoms with van der Waals surface area (Å²) in [5, 5.41) is 14.2. The van der Waals surface area contributed by atoms with Crippen LogP contribution in [0.3, 0.4) is 0 Å². The fourth-order valence-electron chi connectivity index (χ4n) is 20.4. The van der Waals surface area contributed by atoms with Crippen LogP contribution >= 0.6 is 0 Å². The van der Waals surface area contributed by atoms with E-state index in [0.717, 1.165) is 116 Å². The summed E-state index contributed by atoms with van der Waals surface area (Å²) in [5.41, 5.74) is 25.9. The number of hydrogen-bond acceptors (Lipinski definition) is 9. The fourth-order valence-corrected chi connectivity index (χ4v) is 20.4. The Balaban J connectivity index is 0.000000108. The third-order valence-corrected chi connectivity index (χ3v) is 26.6. The number of rotatable bonds is 13. The van der Waals surface area contributed by atoms with Crippen molar-refractivity contribution >= 4 is 131 Å². The predicted octanol–water partition coefficient (Wildman–Crippen LogP) is 30.2. The average Bonchev–Trinajstić information content (AvgIpc) is 1.55. The minimum Gasteiger partial charge on any atom is -0.309 e. The van der Waals surface area contributed by atoms with Gasteiger partial charge in [0.05, 0.1) is 66.2 Å². The minimum atomic E-state index is 0.582. The fraction of sp³-hybridized carbons (Fsp3) is 0.00806. The Morgan fingerprint density at radius 3 is 0.604 bits per heavy atom. The van der Waals surface area contributed by atoms with Crippen molar-refractivity contribution in [3.05, 3.63) is 479 Å². The van der Waals surface area contributed by atoms with Crippen LogP contribution in [-0.4, -0.2) is 72.3 Å². The van der Waals surface area contributed by atoms with Gasteiger partial charge in [0.15, 0.2) is 34.9 Å². The van der Waals surface area contributed by atoms with E-state index in [9.17, 15) is 0 Å². The van der Waals surface area contributed by atoms with Crippen molar-refractivity contribution in [1.82, 2.24) is 72.3 Å². The maximum Gasteiger partial charge on any atom is 0.238 e. The molecule has 28 aromatic rings. The Morgan fingerprint density at radius 2 is 0.338 bits per heavy atom. The first kappa shape index (κ1) is 80.8. The van der Waals surface area contributed by atoms with Crippen LogP contribution in [0.15, 0.2) is 473 Å². The average molecular weight is 1780 g/mol. The van der Waals surface area contributed by atoms with E-state index in [1.54, 1.807) is 0 Å². The van der Waals surface area contributed by atoms with Gasteiger partial charge in [0, 0.05) is 115 Å². The third kappa shape index (κ3) is 13.9. The van der Waals surface area contributed by atoms with Crippen LogP contribution in [0, 0.1) is 6.92 Å². The molecule has 0 spiro atoms. The van der Waals surface area contributed by atoms with Gasteiger partial charge in [-0.05, 0) is 109 Å². The van der Waals surface area contributed by atoms with Gasteiger partial charge in [-0.1, -0.05) is 388 Å². The molecule has 9 heterocycles. The summed E-state index contributed by atoms with van der Waals surface area (Å²) in [5.74, 6) is 5.58. The van der Waals surface area contributed by atoms with Crippen LogP contribution in [0.1, 0.15) is 5.56 Å². The van der Waals surface area contributed by atoms with Crippen LogP contribution < -0.4 is 0 Å². The molecule has 28 rings (SSSR count). The number of para-hydroxylation sites is 7. The molecule has 9 aromatic heterocycles. The van der Waals surface area contributed by atoms with E-state index in [-0.39, 0.29) is 0 Å². The van der Waals surface area contributed by atoms with Crippen molar-refractivity contribution in [2.45, 2.75) is 6.92 Å². The largest absolute Gasteiger partial charge is 0.309 e. The normalized spacial score (nSPS) is 11.6. The van der Waals surface area contributed by atoms with Crippen molar-refractivity contribution in [3.8, 4) is 114 Å². The highest BCUT2D eigenvalue weighted by Gasteiger charge is 2.29. The molecule has 15 nitrogen and oxygen atoms in total. The van der Waals surface area contributed by atoms with Crippen molar-refractivity contribution in [3.63, 3.8) is 0 Å². The lowest BCUT2D eigenvalue weighted by atomic mass is 10.1. The molecule has 0 aliphatic rings. The van der Waals surface area contributed by atoms with Crippen molar-refractivity contribution in [2.75, 3.05) is 0 Å². The summed E-state index contributed by atoms with van der Waals surface area (Å²) in [6.45, 7) is 2.13. The Labute approximate surface area is 797 Å². The van der Waals surface area contributed by atoms with E-state index in [4.69, 9.17) is 44.9 Å². The lowest BCUT2D eigenvalue weighted by Crippen LogP contribution is -2.06. The molecule has 0 saturated heterocycles. The molecule has 0 amide bonds. The molecule has 0 unspecified atom stereocenters. The van der Waals surface area contributed by atoms with E-state index in [2.05, 4.69) is 326 Å². The van der Waals surface area contributed by atoms with Crippen LogP contribution in [0.25, 0.3) is 245 Å². The molecule has 0 N–H and O–H groups in total. The Kier molecular flexibility index (Phi) is 19.7. The van der Waals surface area contributed by atoms with Crippen molar-refractivity contribution < 1.29 is 0 Å². The second-order valence-electron chi connectivity index (χ2n) is 34.8. The molecule has 139 heavy (non-hydrogen) atoms. The first-order chi connectivity index (χ1) is 68.9. The number of fused-ring (bicyclic) bond motifs is 21. The van der Waals surface area contributed by atoms with Gasteiger partial charge >= 0.3 is 0 Å². The maximum absolute atomic E-state index is 5.15. The van der Waals surface area contributed by atoms with Crippen molar-refractivity contribution in [1.29, 1.82) is 0 Å². The van der Waals surface area contributed by atoms with Crippen molar-refractivity contribution in [2.24, 2.45) is 0 Å². The van der Waals surface area contributed by atoms with Gasteiger partial charge in [-0.15, -0.1) is 0 Å². The lowest BCUT2D eigenvalue weighted by molar-refractivity contribution is 0.953. The molecule has 0 saturated carbocycles. The third-order valence-electron chi connectivity index (χ3n) is 26.6. The van der Waals surface area contributed by atoms with Gasteiger partial charge in [0.2, 0.25) is 17.8 Å². The molecule has 0 aliphatic heterocycles. The molecule has 15 heteroatoms. The van der Waals surface area contributed by atoms with Gasteiger partial charge in [0.25, 0.3) is 0 Å². The number of benzene rings is 19. The Morgan fingerprint density at radius 1 is 0.137 bits per heavy atom. The van der Waals surface area contributed by atoms with E-state index in [1.807, 2.05) is 182 Å². The molecule has 0 bridgehead atoms. The van der Waals surface area contributed by atoms with Crippen LogP contribution in [0.2, 0.25) is 0 Å². The SMILES string of the molecule is Cc1ccc(-n2c3ccccc3c3ccc4c(c5ccccc5n4-c4nc(-c5ccccc5)nc(-c5ccccc5)n4)c32)cc1.c1ccc(-c2ccc(-n3c4ccccc4c4ccc5c(c6ccccc6n5-c5nc(-c6ccccc6)nc(-c6ccccc6)n5)c43)cc2)cc1.c1ccc(-c2nc(-c3ccccc3)nc(-n3c4ccccc4c4c3ccc3c5ccccc5n(-c5ccccc5)c34)n2)cc1. The second kappa shape index (κ2) is 33.9. The van der Waals surface area contributed by atoms with Gasteiger partial charge < -0.3 is 13.7 Å². The Bertz CT molecular complexity index is 9420. The molecule has 652 valence electrons. The molecule has 0 aliphatic carbocycles. The van der Waals surface area contributed by atoms with E-state index >= 15 is 0 Å². The van der Waals surface area contributed by atoms with Gasteiger partial charge in [-0.25, -0.2) is 15.0 Å². The smallest absolute Gasteiger partial charge is 0.238 e. The number of nitrogens with zero attached hydrogens (tertiary/aromatic N) is 15. The topological polar surface area (TPSA) is 146 Å². The molecular weight excluding hydrogens is 1700 g/mol. The van der Waals surface area contributed by atoms with Gasteiger partial charge in [-0.3, -0.25) is 13.7 Å². The molecule has 19 aromatic carbocycles. The zero-order chi connectivity index (χ0) is 92.0. The summed E-state index contributed by atoms with van der Waals surface area (Å²) in [7, 11) is 0. The molecule has 0 fully saturated rings. The summed E-state index contributed by atoms with van der Waals surface area (Å²) in [4.78, 5) is 45.6. The summed E-state index contributed by atoms with van der Waals surface area (Å²) < 4.78 is 13.8. The highest BCUT2D eigenvalue weighted by atomic mass is 15.2. The van der Waals surface area contributed by atoms with E-state index in [0.29, 0.717) is 52.8 Å². The summed E-state index contributed by atoms with van der Waals surface area (Å²) in [6.07, 6.45) is 0. The zero-order valence-electron chi connectivity index (χ0n) is 75.2.